The molecule has 0 unspecified atom stereocenters. The molecule has 0 fully saturated rings. The van der Waals surface area contributed by atoms with Crippen molar-refractivity contribution in [3.63, 3.8) is 0 Å². The van der Waals surface area contributed by atoms with E-state index in [1.54, 1.807) is 12.2 Å². The van der Waals surface area contributed by atoms with Gasteiger partial charge in [-0.2, -0.15) is 0 Å². The van der Waals surface area contributed by atoms with E-state index < -0.39 is 0 Å². The summed E-state index contributed by atoms with van der Waals surface area (Å²) in [5.41, 5.74) is 1.28. The Hall–Kier alpha value is -1.11. The topological polar surface area (TPSA) is 0 Å². The second kappa shape index (κ2) is 15.4. The SMILES string of the molecule is C/C=C\C=C\CCCCCCCCCCCCCC1=CC(F)=CC1. The Bertz CT molecular complexity index is 412. The molecule has 0 aliphatic heterocycles. The lowest BCUT2D eigenvalue weighted by molar-refractivity contribution is 0.546. The van der Waals surface area contributed by atoms with Crippen LogP contribution in [-0.4, -0.2) is 0 Å². The van der Waals surface area contributed by atoms with Crippen molar-refractivity contribution in [1.29, 1.82) is 0 Å². The van der Waals surface area contributed by atoms with E-state index in [0.717, 1.165) is 12.8 Å². The number of hydrogen-bond donors (Lipinski definition) is 0. The zero-order valence-electron chi connectivity index (χ0n) is 15.7. The Morgan fingerprint density at radius 1 is 0.833 bits per heavy atom. The van der Waals surface area contributed by atoms with Gasteiger partial charge in [0, 0.05) is 0 Å². The monoisotopic (exact) mass is 332 g/mol. The first kappa shape index (κ1) is 20.9. The first-order valence-corrected chi connectivity index (χ1v) is 10.2. The maximum Gasteiger partial charge on any atom is 0.119 e. The summed E-state index contributed by atoms with van der Waals surface area (Å²) in [7, 11) is 0. The number of hydrogen-bond acceptors (Lipinski definition) is 0. The molecule has 0 spiro atoms. The highest BCUT2D eigenvalue weighted by molar-refractivity contribution is 5.27. The van der Waals surface area contributed by atoms with Crippen LogP contribution in [0.3, 0.4) is 0 Å². The van der Waals surface area contributed by atoms with Crippen LogP contribution < -0.4 is 0 Å². The van der Waals surface area contributed by atoms with Gasteiger partial charge in [-0.1, -0.05) is 87.7 Å². The molecule has 0 aromatic rings. The maximum atomic E-state index is 12.9. The summed E-state index contributed by atoms with van der Waals surface area (Å²) in [6.07, 6.45) is 30.2. The van der Waals surface area contributed by atoms with Gasteiger partial charge in [0.2, 0.25) is 0 Å². The lowest BCUT2D eigenvalue weighted by Crippen LogP contribution is -1.84. The Morgan fingerprint density at radius 2 is 1.42 bits per heavy atom. The highest BCUT2D eigenvalue weighted by Gasteiger charge is 2.05. The van der Waals surface area contributed by atoms with Crippen molar-refractivity contribution in [1.82, 2.24) is 0 Å². The van der Waals surface area contributed by atoms with E-state index >= 15 is 0 Å². The van der Waals surface area contributed by atoms with Crippen LogP contribution in [0.5, 0.6) is 0 Å². The van der Waals surface area contributed by atoms with Crippen LogP contribution in [0, 0.1) is 0 Å². The summed E-state index contributed by atoms with van der Waals surface area (Å²) in [5.74, 6) is -0.0323. The Kier molecular flexibility index (Phi) is 13.4. The molecule has 24 heavy (non-hydrogen) atoms. The molecular formula is C23H37F. The summed E-state index contributed by atoms with van der Waals surface area (Å²) in [5, 5.41) is 0. The zero-order valence-corrected chi connectivity index (χ0v) is 15.7. The van der Waals surface area contributed by atoms with Crippen LogP contribution in [0.15, 0.2) is 47.9 Å². The van der Waals surface area contributed by atoms with Gasteiger partial charge in [0.15, 0.2) is 0 Å². The van der Waals surface area contributed by atoms with E-state index in [9.17, 15) is 4.39 Å². The normalized spacial score (nSPS) is 14.8. The minimum atomic E-state index is -0.0323. The van der Waals surface area contributed by atoms with Crippen LogP contribution in [0.1, 0.15) is 96.8 Å². The van der Waals surface area contributed by atoms with E-state index in [2.05, 4.69) is 31.2 Å². The molecule has 136 valence electrons. The summed E-state index contributed by atoms with van der Waals surface area (Å²) in [4.78, 5) is 0. The molecule has 0 saturated carbocycles. The van der Waals surface area contributed by atoms with Crippen LogP contribution in [0.25, 0.3) is 0 Å². The molecule has 0 radical (unpaired) electrons. The quantitative estimate of drug-likeness (QED) is 0.209. The largest absolute Gasteiger partial charge is 0.207 e. The highest BCUT2D eigenvalue weighted by atomic mass is 19.1. The molecule has 0 nitrogen and oxygen atoms in total. The van der Waals surface area contributed by atoms with Crippen molar-refractivity contribution in [3.05, 3.63) is 47.9 Å². The first-order chi connectivity index (χ1) is 11.8. The van der Waals surface area contributed by atoms with Gasteiger partial charge in [-0.25, -0.2) is 4.39 Å². The van der Waals surface area contributed by atoms with Gasteiger partial charge < -0.3 is 0 Å². The van der Waals surface area contributed by atoms with Crippen LogP contribution in [-0.2, 0) is 0 Å². The predicted molar refractivity (Wildman–Crippen MR) is 106 cm³/mol. The average molecular weight is 333 g/mol. The molecule has 1 rings (SSSR count). The Balaban J connectivity index is 1.73. The summed E-state index contributed by atoms with van der Waals surface area (Å²) in [6, 6.07) is 0. The van der Waals surface area contributed by atoms with Gasteiger partial charge in [-0.15, -0.1) is 0 Å². The van der Waals surface area contributed by atoms with Gasteiger partial charge in [0.05, 0.1) is 0 Å². The lowest BCUT2D eigenvalue weighted by Gasteiger charge is -2.03. The molecule has 0 aromatic heterocycles. The van der Waals surface area contributed by atoms with Crippen molar-refractivity contribution in [2.75, 3.05) is 0 Å². The molecule has 0 atom stereocenters. The zero-order chi connectivity index (χ0) is 17.3. The summed E-state index contributed by atoms with van der Waals surface area (Å²) < 4.78 is 12.9. The predicted octanol–water partition coefficient (Wildman–Crippen LogP) is 8.37. The highest BCUT2D eigenvalue weighted by Crippen LogP contribution is 2.23. The van der Waals surface area contributed by atoms with Crippen molar-refractivity contribution in [3.8, 4) is 0 Å². The number of unbranched alkanes of at least 4 members (excludes halogenated alkanes) is 11. The standard InChI is InChI=1S/C23H37F/c1-2-3-4-5-6-7-8-9-10-11-12-13-14-15-16-17-18-22-19-20-23(24)21-22/h2-5,20-21H,6-19H2,1H3/b3-2-,5-4+. The fourth-order valence-corrected chi connectivity index (χ4v) is 3.21. The molecule has 0 aromatic carbocycles. The molecule has 0 saturated heterocycles. The van der Waals surface area contributed by atoms with Gasteiger partial charge in [-0.3, -0.25) is 0 Å². The van der Waals surface area contributed by atoms with Crippen LogP contribution >= 0.6 is 0 Å². The molecule has 0 bridgehead atoms. The summed E-state index contributed by atoms with van der Waals surface area (Å²) >= 11 is 0. The molecule has 0 heterocycles. The van der Waals surface area contributed by atoms with E-state index in [4.69, 9.17) is 0 Å². The number of rotatable bonds is 15. The van der Waals surface area contributed by atoms with E-state index in [0.29, 0.717) is 0 Å². The Labute approximate surface area is 149 Å². The fraction of sp³-hybridized carbons (Fsp3) is 0.652. The van der Waals surface area contributed by atoms with Crippen LogP contribution in [0.2, 0.25) is 0 Å². The lowest BCUT2D eigenvalue weighted by atomic mass is 10.0. The van der Waals surface area contributed by atoms with Gasteiger partial charge >= 0.3 is 0 Å². The van der Waals surface area contributed by atoms with E-state index in [1.807, 2.05) is 0 Å². The van der Waals surface area contributed by atoms with Gasteiger partial charge in [-0.05, 0) is 51.2 Å². The molecule has 0 amide bonds. The molecule has 0 N–H and O–H groups in total. The van der Waals surface area contributed by atoms with Crippen molar-refractivity contribution in [2.24, 2.45) is 0 Å². The van der Waals surface area contributed by atoms with Crippen LogP contribution in [0.4, 0.5) is 4.39 Å². The maximum absolute atomic E-state index is 12.9. The third-order valence-corrected chi connectivity index (χ3v) is 4.71. The fourth-order valence-electron chi connectivity index (χ4n) is 3.21. The third-order valence-electron chi connectivity index (χ3n) is 4.71. The Morgan fingerprint density at radius 3 is 1.96 bits per heavy atom. The van der Waals surface area contributed by atoms with E-state index in [-0.39, 0.29) is 5.83 Å². The van der Waals surface area contributed by atoms with Crippen molar-refractivity contribution in [2.45, 2.75) is 96.8 Å². The first-order valence-electron chi connectivity index (χ1n) is 10.2. The molecule has 1 aliphatic carbocycles. The minimum absolute atomic E-state index is 0.0323. The second-order valence-electron chi connectivity index (χ2n) is 6.98. The van der Waals surface area contributed by atoms with Crippen molar-refractivity contribution >= 4 is 0 Å². The molecule has 1 heteroatoms. The van der Waals surface area contributed by atoms with E-state index in [1.165, 1.54) is 82.6 Å². The average Bonchev–Trinajstić information content (AvgIpc) is 3.00. The van der Waals surface area contributed by atoms with Gasteiger partial charge in [0.25, 0.3) is 0 Å². The second-order valence-corrected chi connectivity index (χ2v) is 6.98. The van der Waals surface area contributed by atoms with Gasteiger partial charge in [0.1, 0.15) is 5.83 Å². The number of halogens is 1. The number of allylic oxidation sites excluding steroid dienone is 8. The van der Waals surface area contributed by atoms with Crippen molar-refractivity contribution < 1.29 is 4.39 Å². The minimum Gasteiger partial charge on any atom is -0.207 e. The molecule has 1 aliphatic rings. The summed E-state index contributed by atoms with van der Waals surface area (Å²) in [6.45, 7) is 2.05. The smallest absolute Gasteiger partial charge is 0.119 e. The third kappa shape index (κ3) is 12.3. The molecular weight excluding hydrogens is 295 g/mol.